The maximum atomic E-state index is 11.9. The zero-order chi connectivity index (χ0) is 19.1. The third-order valence-electron chi connectivity index (χ3n) is 3.72. The summed E-state index contributed by atoms with van der Waals surface area (Å²) in [6, 6.07) is 12.7. The summed E-state index contributed by atoms with van der Waals surface area (Å²) >= 11 is 3.35. The average molecular weight is 432 g/mol. The number of anilines is 1. The number of halogens is 1. The van der Waals surface area contributed by atoms with E-state index in [9.17, 15) is 9.59 Å². The topological polar surface area (TPSA) is 89.0 Å². The van der Waals surface area contributed by atoms with Crippen LogP contribution in [0.1, 0.15) is 24.8 Å². The molecule has 140 valence electrons. The number of amides is 2. The molecule has 2 aromatic carbocycles. The molecule has 0 atom stereocenters. The van der Waals surface area contributed by atoms with E-state index in [1.807, 2.05) is 24.3 Å². The fourth-order valence-corrected chi connectivity index (χ4v) is 2.83. The number of hydrogen-bond donors (Lipinski definition) is 2. The van der Waals surface area contributed by atoms with Crippen LogP contribution in [-0.4, -0.2) is 24.8 Å². The van der Waals surface area contributed by atoms with Gasteiger partial charge in [-0.1, -0.05) is 22.0 Å². The number of hydrogen-bond acceptors (Lipinski definition) is 5. The molecule has 1 aliphatic heterocycles. The van der Waals surface area contributed by atoms with E-state index < -0.39 is 0 Å². The quantitative estimate of drug-likeness (QED) is 0.518. The third kappa shape index (κ3) is 5.82. The zero-order valence-electron chi connectivity index (χ0n) is 14.4. The highest BCUT2D eigenvalue weighted by Crippen LogP contribution is 2.31. The van der Waals surface area contributed by atoms with Crippen molar-refractivity contribution in [2.75, 3.05) is 12.1 Å². The number of rotatable bonds is 7. The van der Waals surface area contributed by atoms with E-state index >= 15 is 0 Å². The second-order valence-corrected chi connectivity index (χ2v) is 6.73. The van der Waals surface area contributed by atoms with Crippen LogP contribution in [0.2, 0.25) is 0 Å². The Morgan fingerprint density at radius 1 is 1.07 bits per heavy atom. The molecule has 0 saturated heterocycles. The van der Waals surface area contributed by atoms with Crippen LogP contribution in [0.25, 0.3) is 0 Å². The van der Waals surface area contributed by atoms with Gasteiger partial charge >= 0.3 is 0 Å². The van der Waals surface area contributed by atoms with E-state index in [2.05, 4.69) is 31.8 Å². The highest BCUT2D eigenvalue weighted by molar-refractivity contribution is 9.10. The van der Waals surface area contributed by atoms with Crippen molar-refractivity contribution in [3.8, 4) is 11.5 Å². The normalized spacial score (nSPS) is 12.2. The molecule has 2 N–H and O–H groups in total. The Hall–Kier alpha value is -2.87. The number of ether oxygens (including phenoxy) is 2. The lowest BCUT2D eigenvalue weighted by molar-refractivity contribution is -0.121. The molecule has 0 spiro atoms. The smallest absolute Gasteiger partial charge is 0.240 e. The first kappa shape index (κ1) is 18.9. The molecule has 0 saturated carbocycles. The fraction of sp³-hybridized carbons (Fsp3) is 0.211. The van der Waals surface area contributed by atoms with Gasteiger partial charge in [-0.25, -0.2) is 5.43 Å². The van der Waals surface area contributed by atoms with E-state index in [0.29, 0.717) is 23.6 Å². The summed E-state index contributed by atoms with van der Waals surface area (Å²) in [6.45, 7) is 0.210. The lowest BCUT2D eigenvalue weighted by atomic mass is 10.2. The van der Waals surface area contributed by atoms with Crippen molar-refractivity contribution in [1.82, 2.24) is 5.43 Å². The maximum Gasteiger partial charge on any atom is 0.240 e. The number of fused-ring (bicyclic) bond motifs is 1. The molecule has 3 rings (SSSR count). The van der Waals surface area contributed by atoms with Gasteiger partial charge in [-0.3, -0.25) is 9.59 Å². The van der Waals surface area contributed by atoms with Crippen LogP contribution in [0, 0.1) is 0 Å². The Morgan fingerprint density at radius 2 is 1.89 bits per heavy atom. The summed E-state index contributed by atoms with van der Waals surface area (Å²) in [4.78, 5) is 23.7. The zero-order valence-corrected chi connectivity index (χ0v) is 16.0. The lowest BCUT2D eigenvalue weighted by Crippen LogP contribution is -2.18. The highest BCUT2D eigenvalue weighted by Gasteiger charge is 2.12. The number of nitrogens with one attached hydrogen (secondary N) is 2. The Bertz CT molecular complexity index is 870. The Balaban J connectivity index is 1.36. The molecule has 0 fully saturated rings. The molecule has 2 amide bonds. The van der Waals surface area contributed by atoms with Crippen molar-refractivity contribution in [1.29, 1.82) is 0 Å². The Labute approximate surface area is 164 Å². The first-order valence-electron chi connectivity index (χ1n) is 8.37. The van der Waals surface area contributed by atoms with Crippen LogP contribution in [0.15, 0.2) is 52.0 Å². The van der Waals surface area contributed by atoms with Gasteiger partial charge in [0, 0.05) is 23.0 Å². The summed E-state index contributed by atoms with van der Waals surface area (Å²) in [6.07, 6.45) is 2.43. The molecule has 0 unspecified atom stereocenters. The molecular weight excluding hydrogens is 414 g/mol. The van der Waals surface area contributed by atoms with Crippen molar-refractivity contribution in [3.05, 3.63) is 52.5 Å². The number of nitrogens with zero attached hydrogens (tertiary/aromatic N) is 1. The molecule has 0 aliphatic carbocycles. The Kier molecular flexibility index (Phi) is 6.43. The van der Waals surface area contributed by atoms with Crippen LogP contribution in [0.5, 0.6) is 11.5 Å². The minimum Gasteiger partial charge on any atom is -0.454 e. The molecule has 1 aliphatic rings. The maximum absolute atomic E-state index is 11.9. The second-order valence-electron chi connectivity index (χ2n) is 5.82. The number of carbonyl (C=O) groups is 2. The van der Waals surface area contributed by atoms with Crippen molar-refractivity contribution in [3.63, 3.8) is 0 Å². The average Bonchev–Trinajstić information content (AvgIpc) is 3.09. The van der Waals surface area contributed by atoms with Gasteiger partial charge in [-0.15, -0.1) is 0 Å². The van der Waals surface area contributed by atoms with Crippen LogP contribution in [0.4, 0.5) is 5.69 Å². The minimum atomic E-state index is -0.248. The van der Waals surface area contributed by atoms with Gasteiger partial charge in [0.25, 0.3) is 0 Å². The van der Waals surface area contributed by atoms with E-state index in [1.165, 1.54) is 6.21 Å². The van der Waals surface area contributed by atoms with Crippen molar-refractivity contribution < 1.29 is 19.1 Å². The predicted octanol–water partition coefficient (Wildman–Crippen LogP) is 3.44. The second kappa shape index (κ2) is 9.18. The van der Waals surface area contributed by atoms with Gasteiger partial charge in [0.15, 0.2) is 11.5 Å². The van der Waals surface area contributed by atoms with Crippen molar-refractivity contribution >= 4 is 39.6 Å². The monoisotopic (exact) mass is 431 g/mol. The van der Waals surface area contributed by atoms with E-state index in [1.54, 1.807) is 18.2 Å². The van der Waals surface area contributed by atoms with E-state index in [-0.39, 0.29) is 31.4 Å². The number of benzene rings is 2. The van der Waals surface area contributed by atoms with Gasteiger partial charge < -0.3 is 14.8 Å². The van der Waals surface area contributed by atoms with Crippen LogP contribution in [-0.2, 0) is 9.59 Å². The van der Waals surface area contributed by atoms with Gasteiger partial charge in [0.1, 0.15) is 0 Å². The van der Waals surface area contributed by atoms with Gasteiger partial charge in [0.05, 0.1) is 6.21 Å². The molecule has 0 bridgehead atoms. The van der Waals surface area contributed by atoms with Gasteiger partial charge in [-0.2, -0.15) is 5.10 Å². The summed E-state index contributed by atoms with van der Waals surface area (Å²) in [5, 5.41) is 6.70. The predicted molar refractivity (Wildman–Crippen MR) is 105 cm³/mol. The fourth-order valence-electron chi connectivity index (χ4n) is 2.43. The standard InChI is InChI=1S/C19H18BrN3O4/c20-14-3-1-4-15(10-14)22-18(24)5-2-6-19(25)23-21-11-13-7-8-16-17(9-13)27-12-26-16/h1,3-4,7-11H,2,5-6,12H2,(H,22,24)(H,23,25)/b21-11+. The van der Waals surface area contributed by atoms with E-state index in [0.717, 1.165) is 10.0 Å². The molecule has 7 nitrogen and oxygen atoms in total. The SMILES string of the molecule is O=C(CCCC(=O)Nc1cccc(Br)c1)N/N=C/c1ccc2c(c1)OCO2. The van der Waals surface area contributed by atoms with Gasteiger partial charge in [0.2, 0.25) is 18.6 Å². The summed E-state index contributed by atoms with van der Waals surface area (Å²) in [5.41, 5.74) is 3.95. The molecule has 0 radical (unpaired) electrons. The molecule has 8 heteroatoms. The molecule has 2 aromatic rings. The summed E-state index contributed by atoms with van der Waals surface area (Å²) < 4.78 is 11.4. The highest BCUT2D eigenvalue weighted by atomic mass is 79.9. The summed E-state index contributed by atoms with van der Waals surface area (Å²) in [7, 11) is 0. The largest absolute Gasteiger partial charge is 0.454 e. The first-order valence-corrected chi connectivity index (χ1v) is 9.16. The number of carbonyl (C=O) groups excluding carboxylic acids is 2. The van der Waals surface area contributed by atoms with Crippen molar-refractivity contribution in [2.24, 2.45) is 5.10 Å². The molecular formula is C19H18BrN3O4. The van der Waals surface area contributed by atoms with Crippen LogP contribution in [0.3, 0.4) is 0 Å². The van der Waals surface area contributed by atoms with Crippen LogP contribution < -0.4 is 20.2 Å². The third-order valence-corrected chi connectivity index (χ3v) is 4.21. The first-order chi connectivity index (χ1) is 13.1. The lowest BCUT2D eigenvalue weighted by Gasteiger charge is -2.05. The molecule has 0 aromatic heterocycles. The van der Waals surface area contributed by atoms with Crippen LogP contribution >= 0.6 is 15.9 Å². The Morgan fingerprint density at radius 3 is 2.74 bits per heavy atom. The number of hydrazone groups is 1. The summed E-state index contributed by atoms with van der Waals surface area (Å²) in [5.74, 6) is 0.964. The molecule has 1 heterocycles. The van der Waals surface area contributed by atoms with Crippen molar-refractivity contribution in [2.45, 2.75) is 19.3 Å². The van der Waals surface area contributed by atoms with E-state index in [4.69, 9.17) is 9.47 Å². The molecule has 27 heavy (non-hydrogen) atoms. The minimum absolute atomic E-state index is 0.134. The van der Waals surface area contributed by atoms with Gasteiger partial charge in [-0.05, 0) is 48.4 Å².